The maximum absolute atomic E-state index is 12.5. The van der Waals surface area contributed by atoms with Gasteiger partial charge in [-0.1, -0.05) is 60.7 Å². The van der Waals surface area contributed by atoms with Crippen LogP contribution in [-0.2, 0) is 4.74 Å². The highest BCUT2D eigenvalue weighted by Gasteiger charge is 2.24. The SMILES string of the molecule is CC(=O)c1cccc(-c2ccc3c(C=O)c(O)ccc3c2)c1.O=Cc1c(O)c(C(=O)N2CCOCC2)cc2ccccc12. The van der Waals surface area contributed by atoms with E-state index in [4.69, 9.17) is 4.74 Å². The third-order valence-corrected chi connectivity index (χ3v) is 7.47. The van der Waals surface area contributed by atoms with Crippen LogP contribution in [0.15, 0.2) is 84.9 Å². The Morgan fingerprint density at radius 2 is 1.42 bits per heavy atom. The van der Waals surface area contributed by atoms with Gasteiger partial charge in [0.2, 0.25) is 0 Å². The van der Waals surface area contributed by atoms with E-state index in [0.717, 1.165) is 21.9 Å². The van der Waals surface area contributed by atoms with E-state index in [1.807, 2.05) is 48.5 Å². The number of amides is 1. The fourth-order valence-corrected chi connectivity index (χ4v) is 5.15. The second-order valence-corrected chi connectivity index (χ2v) is 10.1. The summed E-state index contributed by atoms with van der Waals surface area (Å²) in [6.07, 6.45) is 1.25. The summed E-state index contributed by atoms with van der Waals surface area (Å²) >= 11 is 0. The van der Waals surface area contributed by atoms with Gasteiger partial charge in [0.1, 0.15) is 11.5 Å². The largest absolute Gasteiger partial charge is 0.507 e. The molecule has 2 N–H and O–H groups in total. The molecule has 1 amide bonds. The summed E-state index contributed by atoms with van der Waals surface area (Å²) in [5.74, 6) is -0.519. The van der Waals surface area contributed by atoms with Crippen molar-refractivity contribution in [1.29, 1.82) is 0 Å². The van der Waals surface area contributed by atoms with Gasteiger partial charge >= 0.3 is 0 Å². The van der Waals surface area contributed by atoms with E-state index in [9.17, 15) is 29.4 Å². The maximum Gasteiger partial charge on any atom is 0.257 e. The molecular formula is C35H29NO7. The van der Waals surface area contributed by atoms with Crippen molar-refractivity contribution in [2.24, 2.45) is 0 Å². The zero-order chi connectivity index (χ0) is 30.5. The molecule has 5 aromatic rings. The van der Waals surface area contributed by atoms with Crippen molar-refractivity contribution in [2.75, 3.05) is 26.3 Å². The van der Waals surface area contributed by atoms with Gasteiger partial charge in [0.25, 0.3) is 5.91 Å². The lowest BCUT2D eigenvalue weighted by Crippen LogP contribution is -2.40. The van der Waals surface area contributed by atoms with Crippen LogP contribution in [0.3, 0.4) is 0 Å². The van der Waals surface area contributed by atoms with Crippen molar-refractivity contribution in [1.82, 2.24) is 4.90 Å². The van der Waals surface area contributed by atoms with Crippen molar-refractivity contribution in [3.8, 4) is 22.6 Å². The topological polar surface area (TPSA) is 121 Å². The number of nitrogens with zero attached hydrogens (tertiary/aromatic N) is 1. The number of hydrogen-bond donors (Lipinski definition) is 2. The molecule has 1 saturated heterocycles. The van der Waals surface area contributed by atoms with Crippen molar-refractivity contribution in [3.63, 3.8) is 0 Å². The zero-order valence-corrected chi connectivity index (χ0v) is 23.4. The second-order valence-electron chi connectivity index (χ2n) is 10.1. The average Bonchev–Trinajstić information content (AvgIpc) is 3.04. The maximum atomic E-state index is 12.5. The van der Waals surface area contributed by atoms with Gasteiger partial charge in [-0.3, -0.25) is 19.2 Å². The van der Waals surface area contributed by atoms with E-state index in [0.29, 0.717) is 60.8 Å². The first-order chi connectivity index (χ1) is 20.8. The highest BCUT2D eigenvalue weighted by atomic mass is 16.5. The molecule has 43 heavy (non-hydrogen) atoms. The number of ether oxygens (including phenoxy) is 1. The summed E-state index contributed by atoms with van der Waals surface area (Å²) in [5, 5.41) is 23.0. The standard InChI is InChI=1S/C19H14O3.C16H15NO4/c1-12(21)13-3-2-4-14(9-13)15-5-7-17-16(10-15)6-8-19(22)18(17)11-20;18-10-14-12-4-2-1-3-11(12)9-13(15(14)19)16(20)17-5-7-21-8-6-17/h2-11,22H,1H3;1-4,9-10,19H,5-8H2. The first-order valence-electron chi connectivity index (χ1n) is 13.7. The number of fused-ring (bicyclic) bond motifs is 2. The van der Waals surface area contributed by atoms with Crippen LogP contribution in [0.1, 0.15) is 48.4 Å². The lowest BCUT2D eigenvalue weighted by atomic mass is 9.97. The molecule has 0 aromatic heterocycles. The zero-order valence-electron chi connectivity index (χ0n) is 23.4. The Bertz CT molecular complexity index is 1870. The summed E-state index contributed by atoms with van der Waals surface area (Å²) in [5.41, 5.74) is 3.18. The van der Waals surface area contributed by atoms with E-state index < -0.39 is 0 Å². The van der Waals surface area contributed by atoms with Gasteiger partial charge in [-0.15, -0.1) is 0 Å². The van der Waals surface area contributed by atoms with E-state index in [2.05, 4.69) is 0 Å². The summed E-state index contributed by atoms with van der Waals surface area (Å²) < 4.78 is 5.22. The molecule has 0 bridgehead atoms. The van der Waals surface area contributed by atoms with Crippen molar-refractivity contribution in [3.05, 3.63) is 107 Å². The van der Waals surface area contributed by atoms with Crippen molar-refractivity contribution >= 4 is 45.8 Å². The molecule has 0 saturated carbocycles. The minimum Gasteiger partial charge on any atom is -0.507 e. The Labute approximate surface area is 247 Å². The number of aromatic hydroxyl groups is 2. The third kappa shape index (κ3) is 6.00. The molecule has 6 rings (SSSR count). The number of phenolic OH excluding ortho intramolecular Hbond substituents is 2. The molecule has 0 aliphatic carbocycles. The number of ketones is 1. The molecule has 0 spiro atoms. The van der Waals surface area contributed by atoms with Crippen LogP contribution >= 0.6 is 0 Å². The van der Waals surface area contributed by atoms with Crippen LogP contribution < -0.4 is 0 Å². The van der Waals surface area contributed by atoms with E-state index in [1.165, 1.54) is 6.07 Å². The lowest BCUT2D eigenvalue weighted by molar-refractivity contribution is 0.0301. The Kier molecular flexibility index (Phi) is 8.59. The molecule has 1 aliphatic heterocycles. The smallest absolute Gasteiger partial charge is 0.257 e. The van der Waals surface area contributed by atoms with Crippen LogP contribution in [0.25, 0.3) is 32.7 Å². The van der Waals surface area contributed by atoms with Gasteiger partial charge in [0, 0.05) is 18.7 Å². The van der Waals surface area contributed by atoms with Crippen molar-refractivity contribution in [2.45, 2.75) is 6.92 Å². The number of hydrogen-bond acceptors (Lipinski definition) is 7. The number of aldehydes is 2. The van der Waals surface area contributed by atoms with Crippen LogP contribution in [0.4, 0.5) is 0 Å². The summed E-state index contributed by atoms with van der Waals surface area (Å²) in [6.45, 7) is 3.49. The van der Waals surface area contributed by atoms with Gasteiger partial charge in [0.05, 0.1) is 29.9 Å². The number of Topliss-reactive ketones (excluding diaryl/α,β-unsaturated/α-hetero) is 1. The van der Waals surface area contributed by atoms with Gasteiger partial charge in [-0.05, 0) is 63.9 Å². The minimum atomic E-state index is -0.273. The molecule has 0 unspecified atom stereocenters. The van der Waals surface area contributed by atoms with Gasteiger partial charge < -0.3 is 19.8 Å². The van der Waals surface area contributed by atoms with Crippen molar-refractivity contribution < 1.29 is 34.1 Å². The van der Waals surface area contributed by atoms with Gasteiger partial charge in [-0.25, -0.2) is 0 Å². The van der Waals surface area contributed by atoms with Crippen LogP contribution in [0.2, 0.25) is 0 Å². The van der Waals surface area contributed by atoms with Crippen LogP contribution in [0.5, 0.6) is 11.5 Å². The first-order valence-corrected chi connectivity index (χ1v) is 13.7. The molecule has 1 aliphatic rings. The number of carbonyl (C=O) groups excluding carboxylic acids is 4. The quantitative estimate of drug-likeness (QED) is 0.193. The van der Waals surface area contributed by atoms with Crippen LogP contribution in [-0.4, -0.2) is 65.7 Å². The lowest BCUT2D eigenvalue weighted by Gasteiger charge is -2.27. The van der Waals surface area contributed by atoms with E-state index in [-0.39, 0.29) is 34.3 Å². The number of benzene rings is 5. The van der Waals surface area contributed by atoms with E-state index >= 15 is 0 Å². The number of phenols is 2. The number of carbonyl (C=O) groups is 4. The van der Waals surface area contributed by atoms with Crippen LogP contribution in [0, 0.1) is 0 Å². The molecule has 8 nitrogen and oxygen atoms in total. The predicted octanol–water partition coefficient (Wildman–Crippen LogP) is 6.06. The Morgan fingerprint density at radius 3 is 2.14 bits per heavy atom. The number of rotatable bonds is 5. The molecule has 0 atom stereocenters. The monoisotopic (exact) mass is 575 g/mol. The average molecular weight is 576 g/mol. The Morgan fingerprint density at radius 1 is 0.744 bits per heavy atom. The third-order valence-electron chi connectivity index (χ3n) is 7.47. The molecule has 1 fully saturated rings. The number of morpholine rings is 1. The molecule has 0 radical (unpaired) electrons. The molecule has 5 aromatic carbocycles. The fourth-order valence-electron chi connectivity index (χ4n) is 5.15. The molecule has 216 valence electrons. The summed E-state index contributed by atoms with van der Waals surface area (Å²) in [6, 6.07) is 25.2. The van der Waals surface area contributed by atoms with Gasteiger partial charge in [-0.2, -0.15) is 0 Å². The molecule has 8 heteroatoms. The van der Waals surface area contributed by atoms with E-state index in [1.54, 1.807) is 42.2 Å². The Balaban J connectivity index is 0.000000171. The summed E-state index contributed by atoms with van der Waals surface area (Å²) in [7, 11) is 0. The molecule has 1 heterocycles. The summed E-state index contributed by atoms with van der Waals surface area (Å²) in [4.78, 5) is 48.1. The predicted molar refractivity (Wildman–Crippen MR) is 164 cm³/mol. The molecular weight excluding hydrogens is 546 g/mol. The Hall–Kier alpha value is -5.34. The normalized spacial score (nSPS) is 12.8. The second kappa shape index (κ2) is 12.7. The van der Waals surface area contributed by atoms with Gasteiger partial charge in [0.15, 0.2) is 18.4 Å². The minimum absolute atomic E-state index is 0.0196. The fraction of sp³-hybridized carbons (Fsp3) is 0.143. The highest BCUT2D eigenvalue weighted by Crippen LogP contribution is 2.32. The first kappa shape index (κ1) is 29.2. The highest BCUT2D eigenvalue weighted by molar-refractivity contribution is 6.09.